The Morgan fingerprint density at radius 3 is 2.60 bits per heavy atom. The average molecular weight is 433 g/mol. The van der Waals surface area contributed by atoms with Crippen LogP contribution >= 0.6 is 11.6 Å². The van der Waals surface area contributed by atoms with Crippen molar-refractivity contribution in [3.63, 3.8) is 0 Å². The lowest BCUT2D eigenvalue weighted by molar-refractivity contribution is 0.448. The highest BCUT2D eigenvalue weighted by Gasteiger charge is 2.16. The van der Waals surface area contributed by atoms with Crippen LogP contribution in [0.4, 0.5) is 8.78 Å². The molecule has 1 aromatic carbocycles. The molecule has 160 valence electrons. The van der Waals surface area contributed by atoms with Crippen LogP contribution in [0.1, 0.15) is 32.3 Å². The van der Waals surface area contributed by atoms with Gasteiger partial charge in [0.1, 0.15) is 18.3 Å². The Hall–Kier alpha value is -2.73. The number of hydrogen-bond donors (Lipinski definition) is 0. The average Bonchev–Trinajstić information content (AvgIpc) is 3.31. The molecule has 0 aliphatic carbocycles. The summed E-state index contributed by atoms with van der Waals surface area (Å²) in [6.07, 6.45) is 9.16. The quantitative estimate of drug-likeness (QED) is 0.397. The first-order valence-corrected chi connectivity index (χ1v) is 10.2. The molecule has 0 saturated carbocycles. The van der Waals surface area contributed by atoms with Gasteiger partial charge in [0.05, 0.1) is 28.9 Å². The minimum Gasteiger partial charge on any atom is -0.330 e. The smallest absolute Gasteiger partial charge is 0.144 e. The van der Waals surface area contributed by atoms with Crippen molar-refractivity contribution in [3.8, 4) is 0 Å². The third kappa shape index (κ3) is 5.05. The fourth-order valence-electron chi connectivity index (χ4n) is 3.04. The van der Waals surface area contributed by atoms with Gasteiger partial charge in [-0.1, -0.05) is 44.2 Å². The van der Waals surface area contributed by atoms with Crippen molar-refractivity contribution in [2.75, 3.05) is 6.67 Å². The van der Waals surface area contributed by atoms with Crippen LogP contribution in [0.15, 0.2) is 55.0 Å². The van der Waals surface area contributed by atoms with Gasteiger partial charge in [-0.3, -0.25) is 0 Å². The third-order valence-electron chi connectivity index (χ3n) is 4.56. The van der Waals surface area contributed by atoms with E-state index in [2.05, 4.69) is 16.5 Å². The molecule has 0 radical (unpaired) electrons. The number of allylic oxidation sites excluding steroid dienone is 5. The van der Waals surface area contributed by atoms with E-state index in [1.54, 1.807) is 23.2 Å². The van der Waals surface area contributed by atoms with Crippen LogP contribution in [0.2, 0.25) is 5.02 Å². The van der Waals surface area contributed by atoms with E-state index in [0.29, 0.717) is 29.0 Å². The Morgan fingerprint density at radius 1 is 1.30 bits per heavy atom. The van der Waals surface area contributed by atoms with Gasteiger partial charge in [0.15, 0.2) is 0 Å². The first kappa shape index (κ1) is 23.5. The zero-order valence-electron chi connectivity index (χ0n) is 17.8. The summed E-state index contributed by atoms with van der Waals surface area (Å²) < 4.78 is 30.8. The van der Waals surface area contributed by atoms with Crippen LogP contribution in [0.3, 0.4) is 0 Å². The summed E-state index contributed by atoms with van der Waals surface area (Å²) in [5.74, 6) is -0.0366. The van der Waals surface area contributed by atoms with Gasteiger partial charge in [-0.05, 0) is 31.6 Å². The summed E-state index contributed by atoms with van der Waals surface area (Å²) >= 11 is 5.92. The van der Waals surface area contributed by atoms with E-state index < -0.39 is 12.5 Å². The maximum absolute atomic E-state index is 13.9. The zero-order chi connectivity index (χ0) is 22.3. The van der Waals surface area contributed by atoms with Gasteiger partial charge in [-0.15, -0.1) is 0 Å². The van der Waals surface area contributed by atoms with Gasteiger partial charge in [0.25, 0.3) is 0 Å². The molecule has 0 bridgehead atoms. The molecular formula is C23H27ClF2N4. The number of rotatable bonds is 7. The molecule has 0 amide bonds. The van der Waals surface area contributed by atoms with Crippen molar-refractivity contribution in [1.29, 1.82) is 0 Å². The van der Waals surface area contributed by atoms with Gasteiger partial charge in [-0.25, -0.2) is 18.7 Å². The maximum atomic E-state index is 13.9. The second-order valence-electron chi connectivity index (χ2n) is 6.36. The molecule has 0 atom stereocenters. The number of aromatic nitrogens is 4. The van der Waals surface area contributed by atoms with Crippen molar-refractivity contribution >= 4 is 28.2 Å². The Labute approximate surface area is 181 Å². The summed E-state index contributed by atoms with van der Waals surface area (Å²) in [6, 6.07) is 2.74. The van der Waals surface area contributed by atoms with Crippen molar-refractivity contribution in [3.05, 3.63) is 77.4 Å². The first-order chi connectivity index (χ1) is 14.5. The second kappa shape index (κ2) is 10.9. The monoisotopic (exact) mass is 432 g/mol. The molecule has 0 unspecified atom stereocenters. The highest BCUT2D eigenvalue weighted by Crippen LogP contribution is 2.28. The van der Waals surface area contributed by atoms with Crippen LogP contribution in [0.25, 0.3) is 16.6 Å². The van der Waals surface area contributed by atoms with Crippen LogP contribution in [-0.4, -0.2) is 25.8 Å². The predicted octanol–water partition coefficient (Wildman–Crippen LogP) is 6.55. The molecule has 0 fully saturated rings. The van der Waals surface area contributed by atoms with Gasteiger partial charge in [-0.2, -0.15) is 0 Å². The molecule has 4 nitrogen and oxygen atoms in total. The van der Waals surface area contributed by atoms with Crippen molar-refractivity contribution < 1.29 is 8.78 Å². The molecule has 30 heavy (non-hydrogen) atoms. The summed E-state index contributed by atoms with van der Waals surface area (Å²) in [5, 5.41) is -0.0204. The molecular weight excluding hydrogens is 406 g/mol. The molecule has 0 spiro atoms. The molecule has 2 heterocycles. The van der Waals surface area contributed by atoms with E-state index >= 15 is 0 Å². The van der Waals surface area contributed by atoms with Gasteiger partial charge in [0.2, 0.25) is 0 Å². The van der Waals surface area contributed by atoms with E-state index in [4.69, 9.17) is 11.6 Å². The number of imidazole rings is 2. The van der Waals surface area contributed by atoms with E-state index in [1.165, 1.54) is 12.1 Å². The van der Waals surface area contributed by atoms with Crippen LogP contribution in [-0.2, 0) is 13.1 Å². The fraction of sp³-hybridized carbons (Fsp3) is 0.304. The number of benzene rings is 1. The molecule has 2 aromatic heterocycles. The fourth-order valence-corrected chi connectivity index (χ4v) is 3.19. The Kier molecular flexibility index (Phi) is 8.54. The number of aryl methyl sites for hydroxylation is 2. The normalized spacial score (nSPS) is 12.1. The maximum Gasteiger partial charge on any atom is 0.144 e. The second-order valence-corrected chi connectivity index (χ2v) is 6.77. The minimum atomic E-state index is -0.581. The lowest BCUT2D eigenvalue weighted by Crippen LogP contribution is -2.05. The van der Waals surface area contributed by atoms with Crippen molar-refractivity contribution in [2.24, 2.45) is 0 Å². The third-order valence-corrected chi connectivity index (χ3v) is 4.85. The van der Waals surface area contributed by atoms with Crippen LogP contribution in [0.5, 0.6) is 0 Å². The molecule has 7 heteroatoms. The molecule has 0 aliphatic heterocycles. The SMILES string of the molecule is C=C/C(=C\C(=C/C)Cn1cncc1C)c1nc2cc(F)c(Cl)cc2n1CCF.CC. The lowest BCUT2D eigenvalue weighted by atomic mass is 10.1. The van der Waals surface area contributed by atoms with E-state index in [0.717, 1.165) is 11.3 Å². The number of nitrogens with zero attached hydrogens (tertiary/aromatic N) is 4. The largest absolute Gasteiger partial charge is 0.330 e. The number of hydrogen-bond acceptors (Lipinski definition) is 2. The van der Waals surface area contributed by atoms with Crippen LogP contribution < -0.4 is 0 Å². The topological polar surface area (TPSA) is 35.6 Å². The summed E-state index contributed by atoms with van der Waals surface area (Å²) in [5.41, 5.74) is 3.78. The van der Waals surface area contributed by atoms with Crippen molar-refractivity contribution in [1.82, 2.24) is 19.1 Å². The summed E-state index contributed by atoms with van der Waals surface area (Å²) in [4.78, 5) is 8.66. The Balaban J connectivity index is 0.00000155. The molecule has 0 saturated heterocycles. The van der Waals surface area contributed by atoms with E-state index in [-0.39, 0.29) is 11.6 Å². The lowest BCUT2D eigenvalue weighted by Gasteiger charge is -2.10. The number of alkyl halides is 1. The molecule has 3 rings (SSSR count). The van der Waals surface area contributed by atoms with Crippen LogP contribution in [0, 0.1) is 12.7 Å². The number of fused-ring (bicyclic) bond motifs is 1. The standard InChI is InChI=1S/C21H21ClF2N4.C2H6/c1-4-15(12-27-13-25-11-14(27)3)8-16(5-2)21-26-19-10-18(24)17(22)9-20(19)28(21)7-6-23;1-2/h4-5,8-11,13H,2,6-7,12H2,1,3H3;1-2H3/b15-4+,16-8+;. The van der Waals surface area contributed by atoms with E-state index in [1.807, 2.05) is 44.4 Å². The van der Waals surface area contributed by atoms with Gasteiger partial charge in [0, 0.05) is 30.1 Å². The van der Waals surface area contributed by atoms with Gasteiger partial charge < -0.3 is 9.13 Å². The summed E-state index contributed by atoms with van der Waals surface area (Å²) in [6.45, 7) is 11.9. The first-order valence-electron chi connectivity index (χ1n) is 9.86. The Bertz CT molecular complexity index is 1080. The Morgan fingerprint density at radius 2 is 2.03 bits per heavy atom. The van der Waals surface area contributed by atoms with Gasteiger partial charge >= 0.3 is 0 Å². The minimum absolute atomic E-state index is 0.0204. The predicted molar refractivity (Wildman–Crippen MR) is 121 cm³/mol. The molecule has 3 aromatic rings. The highest BCUT2D eigenvalue weighted by molar-refractivity contribution is 6.31. The number of halogens is 3. The van der Waals surface area contributed by atoms with E-state index in [9.17, 15) is 8.78 Å². The molecule has 0 aliphatic rings. The molecule has 0 N–H and O–H groups in total. The van der Waals surface area contributed by atoms with Crippen molar-refractivity contribution in [2.45, 2.75) is 40.8 Å². The summed E-state index contributed by atoms with van der Waals surface area (Å²) in [7, 11) is 0. The highest BCUT2D eigenvalue weighted by atomic mass is 35.5. The zero-order valence-corrected chi connectivity index (χ0v) is 18.5.